The Balaban J connectivity index is 0.00000102. The molecule has 2 aliphatic heterocycles. The zero-order valence-electron chi connectivity index (χ0n) is 20.3. The Kier molecular flexibility index (Phi) is 6.47. The van der Waals surface area contributed by atoms with Crippen LogP contribution < -0.4 is 0 Å². The minimum atomic E-state index is -0.282. The Morgan fingerprint density at radius 3 is 2.34 bits per heavy atom. The van der Waals surface area contributed by atoms with Crippen molar-refractivity contribution in [1.82, 2.24) is 0 Å². The summed E-state index contributed by atoms with van der Waals surface area (Å²) in [5.74, 6) is 4.93. The van der Waals surface area contributed by atoms with Crippen molar-refractivity contribution in [2.24, 2.45) is 52.3 Å². The molecule has 3 nitrogen and oxygen atoms in total. The molecule has 6 fully saturated rings. The van der Waals surface area contributed by atoms with E-state index in [0.717, 1.165) is 49.5 Å². The van der Waals surface area contributed by atoms with Crippen molar-refractivity contribution in [3.63, 3.8) is 0 Å². The average molecular weight is 447 g/mol. The topological polar surface area (TPSA) is 38.7 Å². The van der Waals surface area contributed by atoms with Gasteiger partial charge in [0.1, 0.15) is 0 Å². The van der Waals surface area contributed by atoms with Gasteiger partial charge in [0.15, 0.2) is 5.79 Å². The zero-order valence-corrected chi connectivity index (χ0v) is 20.3. The number of fused-ring (bicyclic) bond motifs is 7. The smallest absolute Gasteiger partial charge is 0.171 e. The molecule has 0 aromatic heterocycles. The molecule has 0 bridgehead atoms. The normalized spacial score (nSPS) is 58.6. The summed E-state index contributed by atoms with van der Waals surface area (Å²) in [5, 5.41) is 10.3. The molecule has 12 atom stereocenters. The van der Waals surface area contributed by atoms with Gasteiger partial charge in [-0.1, -0.05) is 35.1 Å². The molecule has 4 heteroatoms. The van der Waals surface area contributed by atoms with E-state index >= 15 is 0 Å². The number of ether oxygens (including phenoxy) is 2. The Labute approximate surface area is 200 Å². The van der Waals surface area contributed by atoms with Crippen LogP contribution in [0.25, 0.3) is 0 Å². The van der Waals surface area contributed by atoms with E-state index in [1.807, 2.05) is 0 Å². The number of hydrogen-bond donors (Lipinski definition) is 1. The van der Waals surface area contributed by atoms with Crippen molar-refractivity contribution >= 4 is 8.41 Å². The summed E-state index contributed by atoms with van der Waals surface area (Å²) in [5.41, 5.74) is 0.899. The second-order valence-corrected chi connectivity index (χ2v) is 13.1. The fourth-order valence-corrected chi connectivity index (χ4v) is 10.3. The molecule has 3 radical (unpaired) electrons. The van der Waals surface area contributed by atoms with Crippen LogP contribution in [0.15, 0.2) is 0 Å². The first kappa shape index (κ1) is 25.1. The van der Waals surface area contributed by atoms with Gasteiger partial charge in [-0.2, -0.15) is 0 Å². The van der Waals surface area contributed by atoms with Gasteiger partial charge < -0.3 is 14.6 Å². The van der Waals surface area contributed by atoms with Crippen LogP contribution >= 0.6 is 0 Å². The van der Waals surface area contributed by atoms with E-state index in [4.69, 9.17) is 9.47 Å². The minimum Gasteiger partial charge on any atom is -0.393 e. The second kappa shape index (κ2) is 8.26. The van der Waals surface area contributed by atoms with Gasteiger partial charge >= 0.3 is 0 Å². The lowest BCUT2D eigenvalue weighted by Gasteiger charge is -2.61. The monoisotopic (exact) mass is 446 g/mol. The van der Waals surface area contributed by atoms with Gasteiger partial charge in [-0.15, -0.1) is 0 Å². The van der Waals surface area contributed by atoms with E-state index in [1.54, 1.807) is 0 Å². The van der Waals surface area contributed by atoms with Crippen LogP contribution in [0.1, 0.15) is 101 Å². The fourth-order valence-electron chi connectivity index (χ4n) is 10.3. The SMILES string of the molecule is C.CC1CCC2(OC1)O[C@H]1CC3C4CC[C@@H]5C[C@@H](O)CC[C@]5(C)C4CC[C@]3(C)C1[C@@H]2C.[2HH].[B]. The Morgan fingerprint density at radius 1 is 0.875 bits per heavy atom. The van der Waals surface area contributed by atoms with Gasteiger partial charge in [0.05, 0.1) is 18.8 Å². The molecule has 2 saturated heterocycles. The highest BCUT2D eigenvalue weighted by Gasteiger charge is 2.69. The first-order valence-electron chi connectivity index (χ1n) is 13.3. The lowest BCUT2D eigenvalue weighted by molar-refractivity contribution is -0.273. The van der Waals surface area contributed by atoms with Crippen LogP contribution in [0.3, 0.4) is 0 Å². The maximum Gasteiger partial charge on any atom is 0.171 e. The zero-order chi connectivity index (χ0) is 20.9. The predicted molar refractivity (Wildman–Crippen MR) is 132 cm³/mol. The first-order chi connectivity index (χ1) is 14.3. The average Bonchev–Trinajstić information content (AvgIpc) is 3.16. The van der Waals surface area contributed by atoms with Crippen molar-refractivity contribution in [2.45, 2.75) is 117 Å². The lowest BCUT2D eigenvalue weighted by atomic mass is 9.44. The van der Waals surface area contributed by atoms with Crippen LogP contribution in [-0.2, 0) is 9.47 Å². The Bertz CT molecular complexity index is 697. The van der Waals surface area contributed by atoms with E-state index in [-0.39, 0.29) is 29.2 Å². The van der Waals surface area contributed by atoms with Crippen molar-refractivity contribution in [3.05, 3.63) is 0 Å². The molecule has 1 spiro atoms. The lowest BCUT2D eigenvalue weighted by Crippen LogP contribution is -2.55. The molecule has 0 amide bonds. The van der Waals surface area contributed by atoms with Crippen LogP contribution in [0.4, 0.5) is 0 Å². The van der Waals surface area contributed by atoms with Gasteiger partial charge in [-0.3, -0.25) is 0 Å². The van der Waals surface area contributed by atoms with E-state index in [1.165, 1.54) is 44.9 Å². The molecular formula is C28H50BO3. The third-order valence-corrected chi connectivity index (χ3v) is 11.9. The molecule has 183 valence electrons. The third-order valence-electron chi connectivity index (χ3n) is 11.9. The summed E-state index contributed by atoms with van der Waals surface area (Å²) in [4.78, 5) is 0. The van der Waals surface area contributed by atoms with Crippen LogP contribution in [0.5, 0.6) is 0 Å². The Hall–Kier alpha value is -0.0551. The molecule has 6 aliphatic rings. The predicted octanol–water partition coefficient (Wildman–Crippen LogP) is 6.30. The maximum atomic E-state index is 10.3. The molecule has 4 aliphatic carbocycles. The van der Waals surface area contributed by atoms with Gasteiger partial charge in [0, 0.05) is 22.2 Å². The standard InChI is InChI=1S/C27H44O3.CH4.B.H2/c1-16-7-12-27(29-15-16)17(2)24-23(30-27)14-22-20-6-5-18-13-19(28)8-10-25(18,3)21(20)9-11-26(22,24)4;;;/h16-24,28H,5-15H2,1-4H3;1H4;;1H/t16?,17-,18+,19-,20?,21?,22?,23-,24?,25-,26-,27?;;;/m0.../s1/i;;;1+1. The van der Waals surface area contributed by atoms with E-state index < -0.39 is 0 Å². The summed E-state index contributed by atoms with van der Waals surface area (Å²) < 4.78 is 13.4. The molecule has 6 rings (SSSR count). The van der Waals surface area contributed by atoms with Crippen molar-refractivity contribution in [3.8, 4) is 0 Å². The van der Waals surface area contributed by atoms with Crippen molar-refractivity contribution < 1.29 is 16.0 Å². The van der Waals surface area contributed by atoms with Crippen LogP contribution in [0.2, 0.25) is 0 Å². The van der Waals surface area contributed by atoms with E-state index in [2.05, 4.69) is 27.7 Å². The summed E-state index contributed by atoms with van der Waals surface area (Å²) >= 11 is 0. The highest BCUT2D eigenvalue weighted by Crippen LogP contribution is 2.71. The quantitative estimate of drug-likeness (QED) is 0.444. The molecule has 2 heterocycles. The third kappa shape index (κ3) is 3.24. The summed E-state index contributed by atoms with van der Waals surface area (Å²) in [6.07, 6.45) is 12.9. The molecule has 6 unspecified atom stereocenters. The molecule has 1 N–H and O–H groups in total. The highest BCUT2D eigenvalue weighted by atomic mass is 16.7. The maximum absolute atomic E-state index is 10.3. The highest BCUT2D eigenvalue weighted by molar-refractivity contribution is 5.75. The van der Waals surface area contributed by atoms with Gasteiger partial charge in [0.2, 0.25) is 0 Å². The van der Waals surface area contributed by atoms with Crippen molar-refractivity contribution in [1.29, 1.82) is 0 Å². The van der Waals surface area contributed by atoms with Crippen LogP contribution in [-0.4, -0.2) is 38.1 Å². The van der Waals surface area contributed by atoms with Gasteiger partial charge in [-0.25, -0.2) is 0 Å². The van der Waals surface area contributed by atoms with Crippen molar-refractivity contribution in [2.75, 3.05) is 6.61 Å². The largest absolute Gasteiger partial charge is 0.393 e. The summed E-state index contributed by atoms with van der Waals surface area (Å²) in [6, 6.07) is 0. The second-order valence-electron chi connectivity index (χ2n) is 13.1. The number of aliphatic hydroxyl groups is 1. The molecule has 0 aromatic rings. The minimum absolute atomic E-state index is 0. The summed E-state index contributed by atoms with van der Waals surface area (Å²) in [7, 11) is 0. The number of hydrogen-bond acceptors (Lipinski definition) is 3. The number of rotatable bonds is 0. The molecule has 32 heavy (non-hydrogen) atoms. The molecule has 0 aromatic carbocycles. The van der Waals surface area contributed by atoms with Gasteiger partial charge in [-0.05, 0) is 104 Å². The van der Waals surface area contributed by atoms with Crippen LogP contribution in [0, 0.1) is 52.3 Å². The summed E-state index contributed by atoms with van der Waals surface area (Å²) in [6.45, 7) is 10.9. The van der Waals surface area contributed by atoms with E-state index in [0.29, 0.717) is 34.7 Å². The Morgan fingerprint density at radius 2 is 1.62 bits per heavy atom. The molecular weight excluding hydrogens is 395 g/mol. The first-order valence-corrected chi connectivity index (χ1v) is 13.3. The van der Waals surface area contributed by atoms with Gasteiger partial charge in [0.25, 0.3) is 0 Å². The molecule has 4 saturated carbocycles. The number of aliphatic hydroxyl groups excluding tert-OH is 1. The van der Waals surface area contributed by atoms with E-state index in [9.17, 15) is 5.11 Å². The fraction of sp³-hybridized carbons (Fsp3) is 1.00.